The summed E-state index contributed by atoms with van der Waals surface area (Å²) < 4.78 is 2.09. The van der Waals surface area contributed by atoms with E-state index in [0.29, 0.717) is 0 Å². The lowest BCUT2D eigenvalue weighted by atomic mass is 10.0. The lowest BCUT2D eigenvalue weighted by Crippen LogP contribution is -2.28. The molecule has 100 valence electrons. The molecular weight excluding hydrogens is 246 g/mol. The lowest BCUT2D eigenvalue weighted by Gasteiger charge is -2.30. The van der Waals surface area contributed by atoms with Crippen molar-refractivity contribution in [3.05, 3.63) is 66.1 Å². The van der Waals surface area contributed by atoms with Crippen LogP contribution in [0.3, 0.4) is 0 Å². The molecule has 3 nitrogen and oxygen atoms in total. The SMILES string of the molecule is c1ccc2c(c1)CCCN2Cc1cn2ccccc2n1. The van der Waals surface area contributed by atoms with Crippen molar-refractivity contribution in [3.63, 3.8) is 0 Å². The zero-order valence-corrected chi connectivity index (χ0v) is 11.4. The van der Waals surface area contributed by atoms with Crippen molar-refractivity contribution in [2.24, 2.45) is 0 Å². The Morgan fingerprint density at radius 2 is 1.95 bits per heavy atom. The van der Waals surface area contributed by atoms with Crippen molar-refractivity contribution in [2.45, 2.75) is 19.4 Å². The first-order valence-electron chi connectivity index (χ1n) is 7.16. The van der Waals surface area contributed by atoms with Gasteiger partial charge in [0.1, 0.15) is 5.65 Å². The van der Waals surface area contributed by atoms with Crippen molar-refractivity contribution in [1.29, 1.82) is 0 Å². The number of nitrogens with zero attached hydrogens (tertiary/aromatic N) is 3. The molecule has 1 aliphatic rings. The number of benzene rings is 1. The van der Waals surface area contributed by atoms with Gasteiger partial charge in [-0.2, -0.15) is 0 Å². The summed E-state index contributed by atoms with van der Waals surface area (Å²) in [5.41, 5.74) is 4.99. The largest absolute Gasteiger partial charge is 0.365 e. The maximum Gasteiger partial charge on any atom is 0.137 e. The predicted molar refractivity (Wildman–Crippen MR) is 81.0 cm³/mol. The fourth-order valence-electron chi connectivity index (χ4n) is 3.03. The second-order valence-corrected chi connectivity index (χ2v) is 5.35. The zero-order valence-electron chi connectivity index (χ0n) is 11.4. The second kappa shape index (κ2) is 4.67. The number of fused-ring (bicyclic) bond motifs is 2. The first-order chi connectivity index (χ1) is 9.90. The number of aryl methyl sites for hydroxylation is 1. The van der Waals surface area contributed by atoms with Gasteiger partial charge >= 0.3 is 0 Å². The van der Waals surface area contributed by atoms with E-state index in [1.165, 1.54) is 24.1 Å². The van der Waals surface area contributed by atoms with Crippen LogP contribution in [0.2, 0.25) is 0 Å². The summed E-state index contributed by atoms with van der Waals surface area (Å²) >= 11 is 0. The van der Waals surface area contributed by atoms with E-state index in [0.717, 1.165) is 24.4 Å². The highest BCUT2D eigenvalue weighted by molar-refractivity contribution is 5.55. The molecule has 0 unspecified atom stereocenters. The number of rotatable bonds is 2. The van der Waals surface area contributed by atoms with Crippen molar-refractivity contribution in [2.75, 3.05) is 11.4 Å². The molecule has 0 aliphatic carbocycles. The molecule has 3 aromatic rings. The molecule has 3 heterocycles. The van der Waals surface area contributed by atoms with Gasteiger partial charge in [0.2, 0.25) is 0 Å². The minimum Gasteiger partial charge on any atom is -0.365 e. The number of hydrogen-bond acceptors (Lipinski definition) is 2. The van der Waals surface area contributed by atoms with Gasteiger partial charge < -0.3 is 9.30 Å². The Morgan fingerprint density at radius 3 is 2.90 bits per heavy atom. The summed E-state index contributed by atoms with van der Waals surface area (Å²) in [6.45, 7) is 2.00. The molecule has 1 aromatic carbocycles. The Morgan fingerprint density at radius 1 is 1.05 bits per heavy atom. The third kappa shape index (κ3) is 1.95. The average Bonchev–Trinajstić information content (AvgIpc) is 2.90. The molecule has 0 bridgehead atoms. The number of imidazole rings is 1. The van der Waals surface area contributed by atoms with E-state index in [4.69, 9.17) is 4.98 Å². The normalized spacial score (nSPS) is 14.5. The average molecular weight is 263 g/mol. The summed E-state index contributed by atoms with van der Waals surface area (Å²) in [6, 6.07) is 14.8. The van der Waals surface area contributed by atoms with Crippen LogP contribution in [-0.4, -0.2) is 15.9 Å². The van der Waals surface area contributed by atoms with Gasteiger partial charge in [-0.1, -0.05) is 24.3 Å². The second-order valence-electron chi connectivity index (χ2n) is 5.35. The van der Waals surface area contributed by atoms with Crippen LogP contribution in [-0.2, 0) is 13.0 Å². The molecule has 20 heavy (non-hydrogen) atoms. The highest BCUT2D eigenvalue weighted by Gasteiger charge is 2.17. The molecular formula is C17H17N3. The number of aromatic nitrogens is 2. The molecule has 0 N–H and O–H groups in total. The van der Waals surface area contributed by atoms with E-state index in [2.05, 4.69) is 46.0 Å². The fraction of sp³-hybridized carbons (Fsp3) is 0.235. The number of para-hydroxylation sites is 1. The van der Waals surface area contributed by atoms with Crippen LogP contribution < -0.4 is 4.90 Å². The van der Waals surface area contributed by atoms with Crippen LogP contribution in [0.15, 0.2) is 54.9 Å². The highest BCUT2D eigenvalue weighted by atomic mass is 15.2. The van der Waals surface area contributed by atoms with Crippen molar-refractivity contribution >= 4 is 11.3 Å². The van der Waals surface area contributed by atoms with Crippen molar-refractivity contribution in [3.8, 4) is 0 Å². The molecule has 2 aromatic heterocycles. The van der Waals surface area contributed by atoms with Gasteiger partial charge in [-0.15, -0.1) is 0 Å². The topological polar surface area (TPSA) is 20.5 Å². The summed E-state index contributed by atoms with van der Waals surface area (Å²) in [7, 11) is 0. The van der Waals surface area contributed by atoms with Gasteiger partial charge in [0.15, 0.2) is 0 Å². The molecule has 4 rings (SSSR count). The van der Waals surface area contributed by atoms with Gasteiger partial charge in [-0.25, -0.2) is 4.98 Å². The van der Waals surface area contributed by atoms with Gasteiger partial charge in [0.05, 0.1) is 12.2 Å². The summed E-state index contributed by atoms with van der Waals surface area (Å²) in [5, 5.41) is 0. The monoisotopic (exact) mass is 263 g/mol. The molecule has 0 spiro atoms. The summed E-state index contributed by atoms with van der Waals surface area (Å²) in [4.78, 5) is 7.15. The van der Waals surface area contributed by atoms with Crippen molar-refractivity contribution in [1.82, 2.24) is 9.38 Å². The number of hydrogen-bond donors (Lipinski definition) is 0. The lowest BCUT2D eigenvalue weighted by molar-refractivity contribution is 0.685. The number of anilines is 1. The fourth-order valence-corrected chi connectivity index (χ4v) is 3.03. The predicted octanol–water partition coefficient (Wildman–Crippen LogP) is 3.29. The van der Waals surface area contributed by atoms with Crippen LogP contribution in [0.5, 0.6) is 0 Å². The van der Waals surface area contributed by atoms with Crippen LogP contribution >= 0.6 is 0 Å². The minimum atomic E-state index is 0.888. The molecule has 0 saturated heterocycles. The Balaban J connectivity index is 1.66. The Hall–Kier alpha value is -2.29. The van der Waals surface area contributed by atoms with Crippen LogP contribution in [0, 0.1) is 0 Å². The van der Waals surface area contributed by atoms with Gasteiger partial charge in [0.25, 0.3) is 0 Å². The maximum atomic E-state index is 4.70. The van der Waals surface area contributed by atoms with E-state index in [-0.39, 0.29) is 0 Å². The third-order valence-corrected chi connectivity index (χ3v) is 3.97. The Bertz CT molecular complexity index is 712. The molecule has 0 radical (unpaired) electrons. The summed E-state index contributed by atoms with van der Waals surface area (Å²) in [6.07, 6.45) is 6.60. The van der Waals surface area contributed by atoms with E-state index in [1.54, 1.807) is 0 Å². The minimum absolute atomic E-state index is 0.888. The highest BCUT2D eigenvalue weighted by Crippen LogP contribution is 2.27. The van der Waals surface area contributed by atoms with Gasteiger partial charge in [0, 0.05) is 24.6 Å². The molecule has 0 atom stereocenters. The van der Waals surface area contributed by atoms with E-state index in [9.17, 15) is 0 Å². The molecule has 0 fully saturated rings. The third-order valence-electron chi connectivity index (χ3n) is 3.97. The standard InChI is InChI=1S/C17H17N3/c1-2-8-16-14(6-1)7-5-11-19(16)12-15-13-20-10-4-3-9-17(20)18-15/h1-4,6,8-10,13H,5,7,11-12H2. The van der Waals surface area contributed by atoms with Crippen molar-refractivity contribution < 1.29 is 0 Å². The summed E-state index contributed by atoms with van der Waals surface area (Å²) in [5.74, 6) is 0. The molecule has 1 aliphatic heterocycles. The van der Waals surface area contributed by atoms with Crippen LogP contribution in [0.25, 0.3) is 5.65 Å². The molecule has 3 heteroatoms. The van der Waals surface area contributed by atoms with E-state index < -0.39 is 0 Å². The van der Waals surface area contributed by atoms with Gasteiger partial charge in [-0.05, 0) is 36.6 Å². The molecule has 0 saturated carbocycles. The smallest absolute Gasteiger partial charge is 0.137 e. The maximum absolute atomic E-state index is 4.70. The van der Waals surface area contributed by atoms with E-state index in [1.807, 2.05) is 18.2 Å². The molecule has 0 amide bonds. The Labute approximate surface area is 118 Å². The Kier molecular flexibility index (Phi) is 2.69. The van der Waals surface area contributed by atoms with Crippen LogP contribution in [0.1, 0.15) is 17.7 Å². The first-order valence-corrected chi connectivity index (χ1v) is 7.16. The number of pyridine rings is 1. The van der Waals surface area contributed by atoms with E-state index >= 15 is 0 Å². The van der Waals surface area contributed by atoms with Gasteiger partial charge in [-0.3, -0.25) is 0 Å². The van der Waals surface area contributed by atoms with Crippen LogP contribution in [0.4, 0.5) is 5.69 Å². The quantitative estimate of drug-likeness (QED) is 0.707. The zero-order chi connectivity index (χ0) is 13.4. The first kappa shape index (κ1) is 11.5.